The van der Waals surface area contributed by atoms with Gasteiger partial charge in [0, 0.05) is 23.5 Å². The van der Waals surface area contributed by atoms with Gasteiger partial charge in [0.2, 0.25) is 0 Å². The molecule has 1 aromatic rings. The van der Waals surface area contributed by atoms with E-state index in [9.17, 15) is 4.79 Å². The first-order valence-corrected chi connectivity index (χ1v) is 5.01. The SMILES string of the molecule is CCC(=O)O.Oc1ccc[c]([Zr])c1.[Mn]. The molecule has 5 heteroatoms. The molecule has 1 aromatic carbocycles. The van der Waals surface area contributed by atoms with Crippen molar-refractivity contribution >= 4 is 9.24 Å². The normalized spacial score (nSPS) is 7.71. The van der Waals surface area contributed by atoms with Crippen molar-refractivity contribution in [1.82, 2.24) is 0 Å². The molecule has 0 bridgehead atoms. The molecule has 0 fully saturated rings. The summed E-state index contributed by atoms with van der Waals surface area (Å²) in [5.41, 5.74) is 0. The third-order valence-corrected chi connectivity index (χ3v) is 1.91. The number of aliphatic carboxylic acids is 1. The van der Waals surface area contributed by atoms with Gasteiger partial charge < -0.3 is 5.11 Å². The van der Waals surface area contributed by atoms with Gasteiger partial charge in [0.15, 0.2) is 0 Å². The Labute approximate surface area is 109 Å². The Morgan fingerprint density at radius 2 is 2.00 bits per heavy atom. The third kappa shape index (κ3) is 9.98. The Morgan fingerprint density at radius 3 is 2.21 bits per heavy atom. The molecule has 0 saturated carbocycles. The molecule has 0 aliphatic rings. The Morgan fingerprint density at radius 1 is 1.50 bits per heavy atom. The van der Waals surface area contributed by atoms with Crippen LogP contribution >= 0.6 is 0 Å². The molecule has 0 saturated heterocycles. The molecule has 0 aromatic heterocycles. The summed E-state index contributed by atoms with van der Waals surface area (Å²) in [6.07, 6.45) is 0.222. The minimum atomic E-state index is -0.745. The molecule has 1 rings (SSSR count). The monoisotopic (exact) mass is 312 g/mol. The Balaban J connectivity index is 0. The number of carboxylic acids is 1. The zero-order valence-electron chi connectivity index (χ0n) is 7.70. The van der Waals surface area contributed by atoms with E-state index < -0.39 is 5.97 Å². The molecular weight excluding hydrogens is 302 g/mol. The zero-order chi connectivity index (χ0) is 10.3. The predicted octanol–water partition coefficient (Wildman–Crippen LogP) is 1.04. The molecule has 76 valence electrons. The quantitative estimate of drug-likeness (QED) is 0.762. The summed E-state index contributed by atoms with van der Waals surface area (Å²) < 4.78 is 1.18. The van der Waals surface area contributed by atoms with E-state index in [4.69, 9.17) is 10.2 Å². The van der Waals surface area contributed by atoms with Crippen molar-refractivity contribution in [3.05, 3.63) is 24.3 Å². The number of carbonyl (C=O) groups is 1. The van der Waals surface area contributed by atoms with E-state index in [1.165, 1.54) is 28.0 Å². The van der Waals surface area contributed by atoms with Crippen molar-refractivity contribution in [3.63, 3.8) is 0 Å². The van der Waals surface area contributed by atoms with Crippen LogP contribution in [0.5, 0.6) is 5.75 Å². The number of phenolic OH excluding ortho intramolecular Hbond substituents is 1. The predicted molar refractivity (Wildman–Crippen MR) is 45.7 cm³/mol. The van der Waals surface area contributed by atoms with E-state index in [0.717, 1.165) is 0 Å². The Kier molecular flexibility index (Phi) is 11.0. The molecule has 0 unspecified atom stereocenters. The maximum atomic E-state index is 9.37. The van der Waals surface area contributed by atoms with Crippen molar-refractivity contribution < 1.29 is 56.8 Å². The van der Waals surface area contributed by atoms with E-state index in [0.29, 0.717) is 5.75 Å². The molecule has 0 spiro atoms. The van der Waals surface area contributed by atoms with E-state index in [1.54, 1.807) is 19.1 Å². The third-order valence-electron chi connectivity index (χ3n) is 1.15. The molecule has 0 aliphatic carbocycles. The van der Waals surface area contributed by atoms with E-state index in [2.05, 4.69) is 0 Å². The fourth-order valence-electron chi connectivity index (χ4n) is 0.506. The minimum Gasteiger partial charge on any atom is 0 e. The number of benzene rings is 1. The summed E-state index contributed by atoms with van der Waals surface area (Å²) in [5, 5.41) is 16.5. The van der Waals surface area contributed by atoms with Crippen LogP contribution in [0.3, 0.4) is 0 Å². The van der Waals surface area contributed by atoms with Gasteiger partial charge in [-0.15, -0.1) is 0 Å². The van der Waals surface area contributed by atoms with Crippen molar-refractivity contribution in [3.8, 4) is 5.75 Å². The molecule has 0 heterocycles. The first-order valence-electron chi connectivity index (χ1n) is 3.78. The Hall–Kier alpha value is -0.107. The molecule has 14 heavy (non-hydrogen) atoms. The number of rotatable bonds is 1. The second-order valence-corrected chi connectivity index (χ2v) is 3.72. The van der Waals surface area contributed by atoms with Crippen LogP contribution in [0, 0.1) is 0 Å². The van der Waals surface area contributed by atoms with Crippen LogP contribution in [0.25, 0.3) is 0 Å². The number of hydrogen-bond donors (Lipinski definition) is 2. The smallest absolute Gasteiger partial charge is 0 e. The average molecular weight is 313 g/mol. The van der Waals surface area contributed by atoms with Crippen molar-refractivity contribution in [2.24, 2.45) is 0 Å². The molecule has 1 radical (unpaired) electrons. The van der Waals surface area contributed by atoms with Gasteiger partial charge in [-0.05, 0) is 0 Å². The van der Waals surface area contributed by atoms with Crippen LogP contribution in [0.15, 0.2) is 24.3 Å². The standard InChI is InChI=1S/C6H5O.C3H6O2.Mn.Zr/c7-6-4-2-1-3-5-6;1-2-3(4)5;;/h1-2,4-5,7H;2H2,1H3,(H,4,5);;. The van der Waals surface area contributed by atoms with Crippen LogP contribution in [0.2, 0.25) is 0 Å². The van der Waals surface area contributed by atoms with Crippen LogP contribution in [0.1, 0.15) is 13.3 Å². The second-order valence-electron chi connectivity index (χ2n) is 2.30. The van der Waals surface area contributed by atoms with Gasteiger partial charge in [-0.3, -0.25) is 4.79 Å². The van der Waals surface area contributed by atoms with Gasteiger partial charge in [0.05, 0.1) is 0 Å². The maximum absolute atomic E-state index is 9.37. The molecule has 0 amide bonds. The zero-order valence-corrected chi connectivity index (χ0v) is 11.3. The van der Waals surface area contributed by atoms with E-state index in [-0.39, 0.29) is 23.5 Å². The van der Waals surface area contributed by atoms with Crippen molar-refractivity contribution in [1.29, 1.82) is 0 Å². The van der Waals surface area contributed by atoms with Gasteiger partial charge >= 0.3 is 69.1 Å². The van der Waals surface area contributed by atoms with Gasteiger partial charge in [-0.1, -0.05) is 6.92 Å². The summed E-state index contributed by atoms with van der Waals surface area (Å²) in [4.78, 5) is 9.37. The fourth-order valence-corrected chi connectivity index (χ4v) is 1.11. The minimum absolute atomic E-state index is 0. The summed E-state index contributed by atoms with van der Waals surface area (Å²) in [6.45, 7) is 1.60. The fraction of sp³-hybridized carbons (Fsp3) is 0.222. The molecule has 3 nitrogen and oxygen atoms in total. The van der Waals surface area contributed by atoms with Crippen LogP contribution in [-0.4, -0.2) is 16.2 Å². The van der Waals surface area contributed by atoms with Crippen molar-refractivity contribution in [2.75, 3.05) is 0 Å². The molecule has 2 N–H and O–H groups in total. The largest absolute Gasteiger partial charge is 0 e. The summed E-state index contributed by atoms with van der Waals surface area (Å²) in [5.74, 6) is -0.385. The van der Waals surface area contributed by atoms with Crippen LogP contribution < -0.4 is 3.27 Å². The second kappa shape index (κ2) is 9.45. The van der Waals surface area contributed by atoms with Crippen LogP contribution in [-0.2, 0) is 46.6 Å². The number of aromatic hydroxyl groups is 1. The van der Waals surface area contributed by atoms with Gasteiger partial charge in [-0.25, -0.2) is 0 Å². The number of carboxylic acid groups (broad SMARTS) is 1. The summed E-state index contributed by atoms with van der Waals surface area (Å²) >= 11 is 1.34. The van der Waals surface area contributed by atoms with Crippen molar-refractivity contribution in [2.45, 2.75) is 13.3 Å². The summed E-state index contributed by atoms with van der Waals surface area (Å²) in [7, 11) is 0. The Bertz CT molecular complexity index is 261. The number of phenols is 1. The molecule has 0 atom stereocenters. The van der Waals surface area contributed by atoms with Gasteiger partial charge in [0.1, 0.15) is 0 Å². The number of hydrogen-bond acceptors (Lipinski definition) is 2. The molecular formula is C9H11MnO3Zr. The van der Waals surface area contributed by atoms with Gasteiger partial charge in [-0.2, -0.15) is 0 Å². The first kappa shape index (κ1) is 16.3. The molecule has 0 aliphatic heterocycles. The average Bonchev–Trinajstić information content (AvgIpc) is 2.05. The summed E-state index contributed by atoms with van der Waals surface area (Å²) in [6, 6.07) is 7.27. The van der Waals surface area contributed by atoms with E-state index in [1.807, 2.05) is 12.1 Å². The van der Waals surface area contributed by atoms with Crippen LogP contribution in [0.4, 0.5) is 0 Å². The van der Waals surface area contributed by atoms with E-state index >= 15 is 0 Å². The first-order chi connectivity index (χ1) is 6.06. The topological polar surface area (TPSA) is 57.5 Å². The maximum Gasteiger partial charge on any atom is 0 e. The van der Waals surface area contributed by atoms with Gasteiger partial charge in [0.25, 0.3) is 0 Å².